The first-order chi connectivity index (χ1) is 18.9. The van der Waals surface area contributed by atoms with Gasteiger partial charge < -0.3 is 20.2 Å². The zero-order valence-corrected chi connectivity index (χ0v) is 23.2. The molecule has 0 bridgehead atoms. The Balaban J connectivity index is 1.54. The van der Waals surface area contributed by atoms with Gasteiger partial charge in [-0.05, 0) is 48.4 Å². The molecule has 0 radical (unpaired) electrons. The number of nitrogens with one attached hydrogen (secondary N) is 1. The second-order valence-corrected chi connectivity index (χ2v) is 10.9. The van der Waals surface area contributed by atoms with Crippen LogP contribution in [0.3, 0.4) is 0 Å². The van der Waals surface area contributed by atoms with Crippen molar-refractivity contribution in [3.63, 3.8) is 0 Å². The maximum Gasteiger partial charge on any atom is 0.255 e. The summed E-state index contributed by atoms with van der Waals surface area (Å²) in [4.78, 5) is 34.0. The minimum Gasteiger partial charge on any atom is -0.396 e. The Morgan fingerprint density at radius 1 is 0.949 bits per heavy atom. The number of carbonyl (C=O) groups is 2. The highest BCUT2D eigenvalue weighted by molar-refractivity contribution is 6.31. The van der Waals surface area contributed by atoms with Crippen LogP contribution in [-0.2, 0) is 21.5 Å². The number of aliphatic hydroxyl groups is 1. The number of aliphatic hydroxyl groups excluding tert-OH is 1. The van der Waals surface area contributed by atoms with Crippen molar-refractivity contribution >= 4 is 46.4 Å². The van der Waals surface area contributed by atoms with Crippen LogP contribution in [0, 0.1) is 0 Å². The summed E-state index contributed by atoms with van der Waals surface area (Å²) in [6.07, 6.45) is 1.03. The third kappa shape index (κ3) is 5.77. The van der Waals surface area contributed by atoms with Crippen LogP contribution in [0.2, 0.25) is 10.0 Å². The molecule has 0 spiro atoms. The smallest absolute Gasteiger partial charge is 0.255 e. The van der Waals surface area contributed by atoms with E-state index in [4.69, 9.17) is 28.3 Å². The molecule has 1 saturated heterocycles. The molecule has 0 aliphatic carbocycles. The van der Waals surface area contributed by atoms with E-state index in [1.54, 1.807) is 18.2 Å². The number of benzene rings is 3. The normalized spacial score (nSPS) is 19.1. The van der Waals surface area contributed by atoms with Gasteiger partial charge in [-0.1, -0.05) is 59.6 Å². The topological polar surface area (TPSA) is 76.1 Å². The van der Waals surface area contributed by atoms with Gasteiger partial charge >= 0.3 is 0 Å². The Morgan fingerprint density at radius 2 is 1.69 bits per heavy atom. The van der Waals surface area contributed by atoms with Gasteiger partial charge in [0.2, 0.25) is 5.91 Å². The van der Waals surface area contributed by atoms with Gasteiger partial charge in [0.05, 0.1) is 6.54 Å². The number of fused-ring (bicyclic) bond motifs is 1. The number of hydrogen-bond acceptors (Lipinski definition) is 5. The molecule has 2 aliphatic heterocycles. The lowest BCUT2D eigenvalue weighted by Gasteiger charge is -2.43. The zero-order chi connectivity index (χ0) is 27.4. The summed E-state index contributed by atoms with van der Waals surface area (Å²) < 4.78 is 0. The van der Waals surface area contributed by atoms with Crippen molar-refractivity contribution in [1.29, 1.82) is 0 Å². The number of hydrogen-bond donors (Lipinski definition) is 2. The highest BCUT2D eigenvalue weighted by Crippen LogP contribution is 2.46. The van der Waals surface area contributed by atoms with Crippen LogP contribution < -0.4 is 10.2 Å². The van der Waals surface area contributed by atoms with E-state index in [9.17, 15) is 9.59 Å². The molecule has 7 nitrogen and oxygen atoms in total. The van der Waals surface area contributed by atoms with Gasteiger partial charge in [0.1, 0.15) is 0 Å². The van der Waals surface area contributed by atoms with Crippen LogP contribution in [0.15, 0.2) is 72.8 Å². The van der Waals surface area contributed by atoms with E-state index in [0.29, 0.717) is 35.2 Å². The maximum absolute atomic E-state index is 14.1. The molecule has 39 heavy (non-hydrogen) atoms. The molecule has 1 atom stereocenters. The number of rotatable bonds is 9. The average molecular weight is 568 g/mol. The van der Waals surface area contributed by atoms with E-state index in [1.165, 1.54) is 0 Å². The van der Waals surface area contributed by atoms with Crippen LogP contribution in [-0.4, -0.2) is 72.6 Å². The van der Waals surface area contributed by atoms with Gasteiger partial charge in [0.25, 0.3) is 5.91 Å². The summed E-state index contributed by atoms with van der Waals surface area (Å²) >= 11 is 12.7. The van der Waals surface area contributed by atoms with Gasteiger partial charge in [0.15, 0.2) is 5.54 Å². The summed E-state index contributed by atoms with van der Waals surface area (Å²) in [5.41, 5.74) is 1.85. The largest absolute Gasteiger partial charge is 0.396 e. The molecule has 0 saturated carbocycles. The number of nitrogens with zero attached hydrogens (tertiary/aromatic N) is 3. The lowest BCUT2D eigenvalue weighted by atomic mass is 9.82. The summed E-state index contributed by atoms with van der Waals surface area (Å²) in [5.74, 6) is -0.258. The Labute approximate surface area is 238 Å². The molecule has 3 aromatic rings. The molecule has 3 aromatic carbocycles. The molecule has 204 valence electrons. The monoisotopic (exact) mass is 566 g/mol. The van der Waals surface area contributed by atoms with Gasteiger partial charge in [-0.3, -0.25) is 14.5 Å². The third-order valence-electron chi connectivity index (χ3n) is 7.58. The second-order valence-electron chi connectivity index (χ2n) is 10.0. The second kappa shape index (κ2) is 12.0. The quantitative estimate of drug-likeness (QED) is 0.401. The summed E-state index contributed by atoms with van der Waals surface area (Å²) in [6, 6.07) is 22.5. The standard InChI is InChI=1S/C30H32Cl2N4O3/c31-23-7-4-6-22(18-23)20-30(26-11-10-24(32)19-27(26)33-29(30)39)36(25-8-2-1-3-9-25)21-28(38)35-15-13-34(14-16-35)12-5-17-37/h1-4,6-11,18-19,37H,5,12-17,20-21H2,(H,33,39). The van der Waals surface area contributed by atoms with E-state index >= 15 is 0 Å². The molecular formula is C30H32Cl2N4O3. The van der Waals surface area contributed by atoms with Crippen molar-refractivity contribution in [1.82, 2.24) is 9.80 Å². The predicted molar refractivity (Wildman–Crippen MR) is 155 cm³/mol. The molecule has 5 rings (SSSR count). The molecule has 9 heteroatoms. The van der Waals surface area contributed by atoms with E-state index < -0.39 is 5.54 Å². The molecule has 1 unspecified atom stereocenters. The first-order valence-corrected chi connectivity index (χ1v) is 14.0. The fourth-order valence-electron chi connectivity index (χ4n) is 5.61. The molecule has 2 heterocycles. The number of anilines is 2. The lowest BCUT2D eigenvalue weighted by Crippen LogP contribution is -2.58. The summed E-state index contributed by atoms with van der Waals surface area (Å²) in [7, 11) is 0. The molecular weight excluding hydrogens is 535 g/mol. The van der Waals surface area contributed by atoms with E-state index in [2.05, 4.69) is 10.2 Å². The van der Waals surface area contributed by atoms with Crippen LogP contribution in [0.25, 0.3) is 0 Å². The Hall–Kier alpha value is -3.10. The number of para-hydroxylation sites is 1. The van der Waals surface area contributed by atoms with E-state index in [1.807, 2.05) is 64.4 Å². The number of amides is 2. The molecule has 0 aromatic heterocycles. The first-order valence-electron chi connectivity index (χ1n) is 13.2. The van der Waals surface area contributed by atoms with Crippen molar-refractivity contribution in [3.8, 4) is 0 Å². The lowest BCUT2D eigenvalue weighted by molar-refractivity contribution is -0.132. The van der Waals surface area contributed by atoms with Crippen LogP contribution >= 0.6 is 23.2 Å². The van der Waals surface area contributed by atoms with Crippen molar-refractivity contribution < 1.29 is 14.7 Å². The highest BCUT2D eigenvalue weighted by Gasteiger charge is 2.52. The van der Waals surface area contributed by atoms with Crippen LogP contribution in [0.4, 0.5) is 11.4 Å². The Morgan fingerprint density at radius 3 is 2.41 bits per heavy atom. The number of carbonyl (C=O) groups excluding carboxylic acids is 2. The first kappa shape index (κ1) is 27.5. The fourth-order valence-corrected chi connectivity index (χ4v) is 6.00. The number of halogens is 2. The molecule has 2 N–H and O–H groups in total. The molecule has 2 aliphatic rings. The van der Waals surface area contributed by atoms with Gasteiger partial charge in [-0.15, -0.1) is 0 Å². The van der Waals surface area contributed by atoms with Gasteiger partial charge in [-0.2, -0.15) is 0 Å². The Bertz CT molecular complexity index is 1330. The predicted octanol–water partition coefficient (Wildman–Crippen LogP) is 4.42. The van der Waals surface area contributed by atoms with Crippen molar-refractivity contribution in [2.45, 2.75) is 18.4 Å². The SMILES string of the molecule is O=C(CN(c1ccccc1)C1(Cc2cccc(Cl)c2)C(=O)Nc2cc(Cl)ccc21)N1CCN(CCCO)CC1. The van der Waals surface area contributed by atoms with Gasteiger partial charge in [-0.25, -0.2) is 0 Å². The third-order valence-corrected chi connectivity index (χ3v) is 8.05. The van der Waals surface area contributed by atoms with Gasteiger partial charge in [0, 0.05) is 72.7 Å². The van der Waals surface area contributed by atoms with Crippen molar-refractivity contribution in [3.05, 3.63) is 94.0 Å². The van der Waals surface area contributed by atoms with Crippen molar-refractivity contribution in [2.24, 2.45) is 0 Å². The summed E-state index contributed by atoms with van der Waals surface area (Å²) in [6.45, 7) is 3.72. The highest BCUT2D eigenvalue weighted by atomic mass is 35.5. The molecule has 1 fully saturated rings. The zero-order valence-electron chi connectivity index (χ0n) is 21.7. The Kier molecular flexibility index (Phi) is 8.43. The average Bonchev–Trinajstić information content (AvgIpc) is 3.21. The van der Waals surface area contributed by atoms with E-state index in [0.717, 1.165) is 42.9 Å². The minimum atomic E-state index is -1.20. The van der Waals surface area contributed by atoms with Crippen molar-refractivity contribution in [2.75, 3.05) is 56.1 Å². The minimum absolute atomic E-state index is 0.0245. The maximum atomic E-state index is 14.1. The van der Waals surface area contributed by atoms with Crippen LogP contribution in [0.1, 0.15) is 17.5 Å². The fraction of sp³-hybridized carbons (Fsp3) is 0.333. The van der Waals surface area contributed by atoms with Crippen LogP contribution in [0.5, 0.6) is 0 Å². The summed E-state index contributed by atoms with van der Waals surface area (Å²) in [5, 5.41) is 13.3. The number of piperazine rings is 1. The van der Waals surface area contributed by atoms with E-state index in [-0.39, 0.29) is 25.0 Å². The molecule has 2 amide bonds.